The second-order valence-electron chi connectivity index (χ2n) is 6.49. The molecule has 0 saturated carbocycles. The van der Waals surface area contributed by atoms with Gasteiger partial charge in [0.05, 0.1) is 6.54 Å². The molecule has 0 unspecified atom stereocenters. The Morgan fingerprint density at radius 1 is 0.926 bits per heavy atom. The van der Waals surface area contributed by atoms with E-state index in [2.05, 4.69) is 5.32 Å². The molecular weight excluding hydrogens is 336 g/mol. The lowest BCUT2D eigenvalue weighted by Crippen LogP contribution is -2.30. The fraction of sp³-hybridized carbons (Fsp3) is 0.130. The Morgan fingerprint density at radius 2 is 1.63 bits per heavy atom. The first-order valence-electron chi connectivity index (χ1n) is 8.84. The number of Topliss-reactive ketones (excluding diaryl/α,β-unsaturated/α-hetero) is 1. The predicted octanol–water partition coefficient (Wildman–Crippen LogP) is 3.79. The van der Waals surface area contributed by atoms with Crippen molar-refractivity contribution in [3.63, 3.8) is 0 Å². The number of amides is 1. The van der Waals surface area contributed by atoms with Crippen LogP contribution in [0.3, 0.4) is 0 Å². The maximum atomic E-state index is 12.4. The summed E-state index contributed by atoms with van der Waals surface area (Å²) in [6, 6.07) is 22.8. The molecular formula is C23H22N2O2. The fourth-order valence-corrected chi connectivity index (χ4v) is 3.00. The molecule has 0 spiro atoms. The van der Waals surface area contributed by atoms with Crippen LogP contribution in [0.5, 0.6) is 0 Å². The van der Waals surface area contributed by atoms with Gasteiger partial charge in [-0.2, -0.15) is 0 Å². The lowest BCUT2D eigenvalue weighted by molar-refractivity contribution is -0.117. The Morgan fingerprint density at radius 3 is 2.33 bits per heavy atom. The molecule has 136 valence electrons. The monoisotopic (exact) mass is 358 g/mol. The van der Waals surface area contributed by atoms with Crippen LogP contribution in [0.1, 0.15) is 21.5 Å². The van der Waals surface area contributed by atoms with Gasteiger partial charge < -0.3 is 11.1 Å². The van der Waals surface area contributed by atoms with E-state index < -0.39 is 0 Å². The first kappa shape index (κ1) is 18.4. The molecule has 3 aromatic rings. The molecule has 27 heavy (non-hydrogen) atoms. The number of hydrogen-bond donors (Lipinski definition) is 2. The van der Waals surface area contributed by atoms with Crippen molar-refractivity contribution >= 4 is 17.4 Å². The van der Waals surface area contributed by atoms with E-state index >= 15 is 0 Å². The highest BCUT2D eigenvalue weighted by Gasteiger charge is 2.11. The van der Waals surface area contributed by atoms with Crippen molar-refractivity contribution in [2.75, 3.05) is 12.3 Å². The van der Waals surface area contributed by atoms with Crippen molar-refractivity contribution in [1.82, 2.24) is 5.32 Å². The third-order valence-corrected chi connectivity index (χ3v) is 4.46. The first-order chi connectivity index (χ1) is 13.0. The number of hydrogen-bond acceptors (Lipinski definition) is 3. The van der Waals surface area contributed by atoms with Gasteiger partial charge in [0, 0.05) is 17.7 Å². The zero-order valence-corrected chi connectivity index (χ0v) is 15.2. The average molecular weight is 358 g/mol. The Bertz CT molecular complexity index is 965. The fourth-order valence-electron chi connectivity index (χ4n) is 3.00. The van der Waals surface area contributed by atoms with Crippen LogP contribution in [0.2, 0.25) is 0 Å². The summed E-state index contributed by atoms with van der Waals surface area (Å²) in [7, 11) is 0. The molecule has 0 saturated heterocycles. The van der Waals surface area contributed by atoms with Crippen molar-refractivity contribution in [1.29, 1.82) is 0 Å². The summed E-state index contributed by atoms with van der Waals surface area (Å²) in [6.45, 7) is 1.95. The molecule has 3 rings (SSSR count). The minimum absolute atomic E-state index is 0.0212. The van der Waals surface area contributed by atoms with Crippen LogP contribution in [0.25, 0.3) is 11.1 Å². The summed E-state index contributed by atoms with van der Waals surface area (Å²) >= 11 is 0. The van der Waals surface area contributed by atoms with Gasteiger partial charge in [0.1, 0.15) is 0 Å². The van der Waals surface area contributed by atoms with Gasteiger partial charge in [-0.15, -0.1) is 0 Å². The van der Waals surface area contributed by atoms with Crippen LogP contribution >= 0.6 is 0 Å². The highest BCUT2D eigenvalue weighted by Crippen LogP contribution is 2.24. The van der Waals surface area contributed by atoms with E-state index in [4.69, 9.17) is 5.73 Å². The van der Waals surface area contributed by atoms with Crippen LogP contribution in [-0.4, -0.2) is 18.2 Å². The molecule has 0 heterocycles. The molecule has 3 N–H and O–H groups in total. The normalized spacial score (nSPS) is 10.4. The topological polar surface area (TPSA) is 72.2 Å². The van der Waals surface area contributed by atoms with Crippen molar-refractivity contribution < 1.29 is 9.59 Å². The number of carbonyl (C=O) groups is 2. The van der Waals surface area contributed by atoms with Crippen LogP contribution < -0.4 is 11.1 Å². The molecule has 0 aliphatic rings. The van der Waals surface area contributed by atoms with Gasteiger partial charge in [0.25, 0.3) is 5.91 Å². The standard InChI is InChI=1S/C23H22N2O2/c1-16-13-19(11-12-21(16)17-7-3-2-4-8-17)23(27)25-15-20(26)14-18-9-5-6-10-22(18)24/h2-13H,14-15,24H2,1H3,(H,25,27). The smallest absolute Gasteiger partial charge is 0.251 e. The van der Waals surface area contributed by atoms with Crippen LogP contribution in [-0.2, 0) is 11.2 Å². The van der Waals surface area contributed by atoms with Gasteiger partial charge in [-0.05, 0) is 47.4 Å². The molecule has 0 fully saturated rings. The Labute approximate surface area is 159 Å². The van der Waals surface area contributed by atoms with Crippen LogP contribution in [0, 0.1) is 6.92 Å². The van der Waals surface area contributed by atoms with E-state index in [1.807, 2.05) is 67.6 Å². The number of nitrogens with one attached hydrogen (secondary N) is 1. The number of carbonyl (C=O) groups excluding carboxylic acids is 2. The number of nitrogens with two attached hydrogens (primary N) is 1. The van der Waals surface area contributed by atoms with E-state index in [0.29, 0.717) is 11.3 Å². The van der Waals surface area contributed by atoms with Crippen molar-refractivity contribution in [3.8, 4) is 11.1 Å². The SMILES string of the molecule is Cc1cc(C(=O)NCC(=O)Cc2ccccc2N)ccc1-c1ccccc1. The van der Waals surface area contributed by atoms with Crippen molar-refractivity contribution in [3.05, 3.63) is 89.5 Å². The highest BCUT2D eigenvalue weighted by atomic mass is 16.2. The van der Waals surface area contributed by atoms with Gasteiger partial charge in [-0.25, -0.2) is 0 Å². The lowest BCUT2D eigenvalue weighted by Gasteiger charge is -2.10. The van der Waals surface area contributed by atoms with Gasteiger partial charge >= 0.3 is 0 Å². The molecule has 1 amide bonds. The second kappa shape index (κ2) is 8.32. The summed E-state index contributed by atoms with van der Waals surface area (Å²) in [5.41, 5.74) is 11.0. The van der Waals surface area contributed by atoms with Gasteiger partial charge in [0.15, 0.2) is 5.78 Å². The lowest BCUT2D eigenvalue weighted by atomic mass is 9.98. The number of nitrogen functional groups attached to an aromatic ring is 1. The second-order valence-corrected chi connectivity index (χ2v) is 6.49. The molecule has 4 heteroatoms. The predicted molar refractivity (Wildman–Crippen MR) is 109 cm³/mol. The van der Waals surface area contributed by atoms with E-state index in [1.165, 1.54) is 0 Å². The minimum Gasteiger partial charge on any atom is -0.398 e. The number of aryl methyl sites for hydroxylation is 1. The van der Waals surface area contributed by atoms with Gasteiger partial charge in [0.2, 0.25) is 0 Å². The van der Waals surface area contributed by atoms with E-state index in [1.54, 1.807) is 12.1 Å². The quantitative estimate of drug-likeness (QED) is 0.659. The molecule has 0 aliphatic heterocycles. The summed E-state index contributed by atoms with van der Waals surface area (Å²) < 4.78 is 0. The number of ketones is 1. The van der Waals surface area contributed by atoms with Crippen LogP contribution in [0.15, 0.2) is 72.8 Å². The molecule has 0 atom stereocenters. The van der Waals surface area contributed by atoms with E-state index in [-0.39, 0.29) is 24.7 Å². The van der Waals surface area contributed by atoms with E-state index in [9.17, 15) is 9.59 Å². The van der Waals surface area contributed by atoms with Crippen molar-refractivity contribution in [2.45, 2.75) is 13.3 Å². The summed E-state index contributed by atoms with van der Waals surface area (Å²) in [5, 5.41) is 2.70. The summed E-state index contributed by atoms with van der Waals surface area (Å²) in [6.07, 6.45) is 0.207. The van der Waals surface area contributed by atoms with E-state index in [0.717, 1.165) is 22.3 Å². The maximum Gasteiger partial charge on any atom is 0.251 e. The molecule has 3 aromatic carbocycles. The molecule has 4 nitrogen and oxygen atoms in total. The zero-order chi connectivity index (χ0) is 19.2. The minimum atomic E-state index is -0.257. The van der Waals surface area contributed by atoms with Crippen molar-refractivity contribution in [2.24, 2.45) is 0 Å². The van der Waals surface area contributed by atoms with Gasteiger partial charge in [-0.1, -0.05) is 54.6 Å². The number of anilines is 1. The highest BCUT2D eigenvalue weighted by molar-refractivity contribution is 5.97. The molecule has 0 aromatic heterocycles. The first-order valence-corrected chi connectivity index (χ1v) is 8.84. The molecule has 0 aliphatic carbocycles. The van der Waals surface area contributed by atoms with Gasteiger partial charge in [-0.3, -0.25) is 9.59 Å². The number of benzene rings is 3. The Kier molecular flexibility index (Phi) is 5.67. The van der Waals surface area contributed by atoms with Crippen LogP contribution in [0.4, 0.5) is 5.69 Å². The maximum absolute atomic E-state index is 12.4. The summed E-state index contributed by atoms with van der Waals surface area (Å²) in [5.74, 6) is -0.342. The third-order valence-electron chi connectivity index (χ3n) is 4.46. The Hall–Kier alpha value is -3.40. The summed E-state index contributed by atoms with van der Waals surface area (Å²) in [4.78, 5) is 24.5. The number of rotatable bonds is 6. The number of para-hydroxylation sites is 1. The zero-order valence-electron chi connectivity index (χ0n) is 15.2. The third kappa shape index (κ3) is 4.61. The molecule has 0 bridgehead atoms. The largest absolute Gasteiger partial charge is 0.398 e. The Balaban J connectivity index is 1.62. The molecule has 0 radical (unpaired) electrons. The average Bonchev–Trinajstić information content (AvgIpc) is 2.68.